The smallest absolute Gasteiger partial charge is 0.253 e. The van der Waals surface area contributed by atoms with Crippen LogP contribution in [0.2, 0.25) is 0 Å². The zero-order chi connectivity index (χ0) is 17.2. The molecule has 0 spiro atoms. The van der Waals surface area contributed by atoms with E-state index < -0.39 is 0 Å². The van der Waals surface area contributed by atoms with Crippen LogP contribution in [0.3, 0.4) is 0 Å². The molecule has 4 nitrogen and oxygen atoms in total. The van der Waals surface area contributed by atoms with Gasteiger partial charge in [0, 0.05) is 22.9 Å². The van der Waals surface area contributed by atoms with Crippen LogP contribution in [-0.4, -0.2) is 17.4 Å². The first-order valence-corrected chi connectivity index (χ1v) is 9.79. The van der Waals surface area contributed by atoms with Gasteiger partial charge in [-0.2, -0.15) is 0 Å². The summed E-state index contributed by atoms with van der Waals surface area (Å²) in [5.74, 6) is 1.97. The second-order valence-corrected chi connectivity index (χ2v) is 7.99. The summed E-state index contributed by atoms with van der Waals surface area (Å²) in [6.45, 7) is 0.793. The lowest BCUT2D eigenvalue weighted by Gasteiger charge is -2.25. The Morgan fingerprint density at radius 1 is 1.20 bits per heavy atom. The maximum atomic E-state index is 12.6. The number of pyridine rings is 1. The van der Waals surface area contributed by atoms with Crippen LogP contribution in [0.1, 0.15) is 53.9 Å². The molecule has 0 atom stereocenters. The summed E-state index contributed by atoms with van der Waals surface area (Å²) < 4.78 is 1.02. The molecule has 2 aliphatic carbocycles. The van der Waals surface area contributed by atoms with Crippen molar-refractivity contribution in [2.75, 3.05) is 11.9 Å². The number of carbonyl (C=O) groups is 1. The molecule has 2 N–H and O–H groups in total. The summed E-state index contributed by atoms with van der Waals surface area (Å²) in [7, 11) is 0. The number of nitrogens with one attached hydrogen (secondary N) is 2. The van der Waals surface area contributed by atoms with E-state index in [1.807, 2.05) is 30.3 Å². The van der Waals surface area contributed by atoms with E-state index in [0.29, 0.717) is 11.8 Å². The monoisotopic (exact) mass is 399 g/mol. The van der Waals surface area contributed by atoms with E-state index in [9.17, 15) is 4.79 Å². The normalized spacial score (nSPS) is 17.0. The van der Waals surface area contributed by atoms with Gasteiger partial charge in [-0.25, -0.2) is 4.98 Å². The van der Waals surface area contributed by atoms with Gasteiger partial charge < -0.3 is 10.6 Å². The molecule has 4 rings (SSSR count). The first-order valence-electron chi connectivity index (χ1n) is 9.00. The molecule has 5 heteroatoms. The third kappa shape index (κ3) is 4.03. The molecular weight excluding hydrogens is 378 g/mol. The van der Waals surface area contributed by atoms with Gasteiger partial charge in [0.1, 0.15) is 5.82 Å². The fourth-order valence-corrected chi connectivity index (χ4v) is 3.60. The van der Waals surface area contributed by atoms with E-state index in [0.717, 1.165) is 46.5 Å². The number of amides is 1. The molecule has 1 aromatic carbocycles. The molecule has 1 heterocycles. The molecule has 1 amide bonds. The lowest BCUT2D eigenvalue weighted by Crippen LogP contribution is -2.32. The molecule has 2 aliphatic rings. The van der Waals surface area contributed by atoms with E-state index in [2.05, 4.69) is 31.5 Å². The Hall–Kier alpha value is -1.88. The molecule has 0 unspecified atom stereocenters. The molecule has 0 bridgehead atoms. The Balaban J connectivity index is 1.51. The summed E-state index contributed by atoms with van der Waals surface area (Å²) in [4.78, 5) is 17.0. The molecule has 0 saturated heterocycles. The zero-order valence-electron chi connectivity index (χ0n) is 14.1. The average molecular weight is 400 g/mol. The Morgan fingerprint density at radius 2 is 2.04 bits per heavy atom. The molecular formula is C20H22BrN3O. The van der Waals surface area contributed by atoms with Crippen molar-refractivity contribution < 1.29 is 4.79 Å². The Morgan fingerprint density at radius 3 is 2.72 bits per heavy atom. The summed E-state index contributed by atoms with van der Waals surface area (Å²) in [6, 6.07) is 10.0. The summed E-state index contributed by atoms with van der Waals surface area (Å²) >= 11 is 3.48. The van der Waals surface area contributed by atoms with Gasteiger partial charge in [-0.3, -0.25) is 4.79 Å². The maximum absolute atomic E-state index is 12.6. The lowest BCUT2D eigenvalue weighted by atomic mass is 9.85. The number of halogens is 1. The molecule has 2 aromatic rings. The average Bonchev–Trinajstić information content (AvgIpc) is 3.38. The summed E-state index contributed by atoms with van der Waals surface area (Å²) in [6.07, 6.45) is 7.81. The predicted octanol–water partition coefficient (Wildman–Crippen LogP) is 5.00. The quantitative estimate of drug-likeness (QED) is 0.718. The van der Waals surface area contributed by atoms with Crippen molar-refractivity contribution in [3.63, 3.8) is 0 Å². The van der Waals surface area contributed by atoms with Crippen molar-refractivity contribution in [1.29, 1.82) is 0 Å². The van der Waals surface area contributed by atoms with Gasteiger partial charge in [0.25, 0.3) is 5.91 Å². The second kappa shape index (κ2) is 7.16. The number of carbonyl (C=O) groups excluding carboxylic acids is 1. The van der Waals surface area contributed by atoms with Crippen LogP contribution in [0.25, 0.3) is 0 Å². The van der Waals surface area contributed by atoms with Crippen LogP contribution in [0, 0.1) is 5.92 Å². The highest BCUT2D eigenvalue weighted by Gasteiger charge is 2.29. The summed E-state index contributed by atoms with van der Waals surface area (Å²) in [5.41, 5.74) is 2.84. The first kappa shape index (κ1) is 16.6. The van der Waals surface area contributed by atoms with Crippen LogP contribution in [0.4, 0.5) is 11.5 Å². The van der Waals surface area contributed by atoms with E-state index in [1.54, 1.807) is 6.20 Å². The lowest BCUT2D eigenvalue weighted by molar-refractivity contribution is 0.0937. The Labute approximate surface area is 156 Å². The number of hydrogen-bond acceptors (Lipinski definition) is 3. The van der Waals surface area contributed by atoms with Crippen LogP contribution < -0.4 is 10.6 Å². The molecule has 2 fully saturated rings. The minimum absolute atomic E-state index is 0.0234. The van der Waals surface area contributed by atoms with Crippen LogP contribution in [-0.2, 0) is 0 Å². The third-order valence-corrected chi connectivity index (χ3v) is 5.56. The second-order valence-electron chi connectivity index (χ2n) is 7.07. The van der Waals surface area contributed by atoms with Crippen molar-refractivity contribution in [3.05, 3.63) is 52.1 Å². The predicted molar refractivity (Wildman–Crippen MR) is 103 cm³/mol. The first-order chi connectivity index (χ1) is 12.2. The van der Waals surface area contributed by atoms with Gasteiger partial charge >= 0.3 is 0 Å². The third-order valence-electron chi connectivity index (χ3n) is 5.07. The highest BCUT2D eigenvalue weighted by Crippen LogP contribution is 2.42. The Bertz CT molecular complexity index is 784. The van der Waals surface area contributed by atoms with Crippen molar-refractivity contribution >= 4 is 33.3 Å². The number of anilines is 2. The topological polar surface area (TPSA) is 54.0 Å². The Kier molecular flexibility index (Phi) is 4.75. The van der Waals surface area contributed by atoms with E-state index in [1.165, 1.54) is 19.3 Å². The van der Waals surface area contributed by atoms with E-state index in [4.69, 9.17) is 0 Å². The number of nitrogens with zero attached hydrogens (tertiary/aromatic N) is 1. The molecule has 2 saturated carbocycles. The van der Waals surface area contributed by atoms with Crippen LogP contribution in [0.15, 0.2) is 41.0 Å². The van der Waals surface area contributed by atoms with Crippen molar-refractivity contribution in [2.24, 2.45) is 5.92 Å². The number of hydrogen-bond donors (Lipinski definition) is 2. The number of benzene rings is 1. The minimum atomic E-state index is 0.0234. The van der Waals surface area contributed by atoms with Crippen molar-refractivity contribution in [2.45, 2.75) is 38.0 Å². The molecule has 0 radical (unpaired) electrons. The standard InChI is InChI=1S/C20H22BrN3O/c21-15-5-2-6-16(9-15)24-19-10-17(14-7-8-14)18(12-22-19)20(25)23-11-13-3-1-4-13/h2,5-6,9-10,12-14H,1,3-4,7-8,11H2,(H,22,24)(H,23,25). The van der Waals surface area contributed by atoms with Crippen molar-refractivity contribution in [3.8, 4) is 0 Å². The molecule has 0 aliphatic heterocycles. The fraction of sp³-hybridized carbons (Fsp3) is 0.400. The highest BCUT2D eigenvalue weighted by molar-refractivity contribution is 9.10. The van der Waals surface area contributed by atoms with Crippen molar-refractivity contribution in [1.82, 2.24) is 10.3 Å². The number of aromatic nitrogens is 1. The van der Waals surface area contributed by atoms with Gasteiger partial charge in [0.2, 0.25) is 0 Å². The zero-order valence-corrected chi connectivity index (χ0v) is 15.7. The molecule has 130 valence electrons. The molecule has 25 heavy (non-hydrogen) atoms. The van der Waals surface area contributed by atoms with Gasteiger partial charge in [-0.1, -0.05) is 28.4 Å². The SMILES string of the molecule is O=C(NCC1CCC1)c1cnc(Nc2cccc(Br)c2)cc1C1CC1. The minimum Gasteiger partial charge on any atom is -0.352 e. The fourth-order valence-electron chi connectivity index (χ4n) is 3.20. The number of rotatable bonds is 6. The van der Waals surface area contributed by atoms with Gasteiger partial charge in [-0.15, -0.1) is 0 Å². The highest BCUT2D eigenvalue weighted by atomic mass is 79.9. The van der Waals surface area contributed by atoms with Crippen LogP contribution in [0.5, 0.6) is 0 Å². The van der Waals surface area contributed by atoms with Gasteiger partial charge in [-0.05, 0) is 67.3 Å². The van der Waals surface area contributed by atoms with Gasteiger partial charge in [0.15, 0.2) is 0 Å². The van der Waals surface area contributed by atoms with Gasteiger partial charge in [0.05, 0.1) is 5.56 Å². The summed E-state index contributed by atoms with van der Waals surface area (Å²) in [5, 5.41) is 6.42. The van der Waals surface area contributed by atoms with E-state index >= 15 is 0 Å². The molecule has 1 aromatic heterocycles. The maximum Gasteiger partial charge on any atom is 0.253 e. The van der Waals surface area contributed by atoms with Crippen LogP contribution >= 0.6 is 15.9 Å². The largest absolute Gasteiger partial charge is 0.352 e. The van der Waals surface area contributed by atoms with E-state index in [-0.39, 0.29) is 5.91 Å².